The van der Waals surface area contributed by atoms with Gasteiger partial charge in [-0.3, -0.25) is 4.79 Å². The minimum Gasteiger partial charge on any atom is -0.298 e. The van der Waals surface area contributed by atoms with Crippen LogP contribution in [-0.4, -0.2) is 37.3 Å². The van der Waals surface area contributed by atoms with Crippen LogP contribution in [0.5, 0.6) is 0 Å². The van der Waals surface area contributed by atoms with Crippen molar-refractivity contribution < 1.29 is 13.2 Å². The van der Waals surface area contributed by atoms with Gasteiger partial charge in [-0.1, -0.05) is 0 Å². The van der Waals surface area contributed by atoms with Crippen LogP contribution in [0.25, 0.3) is 0 Å². The maximum atomic E-state index is 11.1. The highest BCUT2D eigenvalue weighted by atomic mass is 32.2. The zero-order valence-electron chi connectivity index (χ0n) is 6.41. The third-order valence-corrected chi connectivity index (χ3v) is 3.58. The Morgan fingerprint density at radius 1 is 1.55 bits per heavy atom. The van der Waals surface area contributed by atoms with Gasteiger partial charge in [0, 0.05) is 13.0 Å². The molecule has 0 N–H and O–H groups in total. The fourth-order valence-electron chi connectivity index (χ4n) is 1.02. The Balaban J connectivity index is 2.71. The summed E-state index contributed by atoms with van der Waals surface area (Å²) >= 11 is 0. The third-order valence-electron chi connectivity index (χ3n) is 1.75. The summed E-state index contributed by atoms with van der Waals surface area (Å²) in [6.07, 6.45) is 0.374. The van der Waals surface area contributed by atoms with Crippen molar-refractivity contribution in [1.82, 2.24) is 4.31 Å². The topological polar surface area (TPSA) is 54.5 Å². The van der Waals surface area contributed by atoms with E-state index >= 15 is 0 Å². The molecule has 0 unspecified atom stereocenters. The van der Waals surface area contributed by atoms with Crippen molar-refractivity contribution in [3.63, 3.8) is 0 Å². The molecule has 5 heteroatoms. The number of hydrogen-bond acceptors (Lipinski definition) is 3. The summed E-state index contributed by atoms with van der Waals surface area (Å²) in [4.78, 5) is 10.7. The fraction of sp³-hybridized carbons (Fsp3) is 0.833. The van der Waals surface area contributed by atoms with Crippen molar-refractivity contribution in [2.45, 2.75) is 13.3 Å². The number of rotatable bonds is 2. The molecule has 0 aromatic carbocycles. The van der Waals surface area contributed by atoms with Gasteiger partial charge in [0.05, 0.1) is 12.3 Å². The average Bonchev–Trinajstić information content (AvgIpc) is 2.36. The third kappa shape index (κ3) is 1.78. The van der Waals surface area contributed by atoms with Gasteiger partial charge < -0.3 is 0 Å². The monoisotopic (exact) mass is 177 g/mol. The standard InChI is InChI=1S/C6H11NO3S/c1-2-11(9,10)7-4-3-6(8)5-7/h2-5H2,1H3. The van der Waals surface area contributed by atoms with Crippen LogP contribution in [0.3, 0.4) is 0 Å². The Bertz CT molecular complexity index is 257. The molecular formula is C6H11NO3S. The van der Waals surface area contributed by atoms with Gasteiger partial charge in [0.1, 0.15) is 5.78 Å². The number of hydrogen-bond donors (Lipinski definition) is 0. The molecule has 4 nitrogen and oxygen atoms in total. The van der Waals surface area contributed by atoms with Gasteiger partial charge in [0.25, 0.3) is 0 Å². The number of sulfonamides is 1. The van der Waals surface area contributed by atoms with Gasteiger partial charge in [-0.25, -0.2) is 8.42 Å². The normalized spacial score (nSPS) is 21.0. The molecule has 0 amide bonds. The highest BCUT2D eigenvalue weighted by Crippen LogP contribution is 2.09. The van der Waals surface area contributed by atoms with Crippen LogP contribution in [0.1, 0.15) is 13.3 Å². The van der Waals surface area contributed by atoms with Gasteiger partial charge in [-0.05, 0) is 6.92 Å². The summed E-state index contributed by atoms with van der Waals surface area (Å²) in [6.45, 7) is 2.03. The van der Waals surface area contributed by atoms with E-state index in [1.807, 2.05) is 0 Å². The lowest BCUT2D eigenvalue weighted by atomic mass is 10.4. The van der Waals surface area contributed by atoms with E-state index in [1.54, 1.807) is 6.92 Å². The van der Waals surface area contributed by atoms with Gasteiger partial charge in [-0.2, -0.15) is 4.31 Å². The second-order valence-electron chi connectivity index (χ2n) is 2.52. The molecule has 1 aliphatic heterocycles. The number of Topliss-reactive ketones (excluding diaryl/α,β-unsaturated/α-hetero) is 1. The summed E-state index contributed by atoms with van der Waals surface area (Å²) in [5.74, 6) is 0.0994. The molecule has 0 aromatic heterocycles. The van der Waals surface area contributed by atoms with E-state index in [2.05, 4.69) is 0 Å². The number of ketones is 1. The van der Waals surface area contributed by atoms with Crippen molar-refractivity contribution >= 4 is 15.8 Å². The van der Waals surface area contributed by atoms with Crippen molar-refractivity contribution in [3.05, 3.63) is 0 Å². The van der Waals surface area contributed by atoms with Gasteiger partial charge in [-0.15, -0.1) is 0 Å². The lowest BCUT2D eigenvalue weighted by Crippen LogP contribution is -2.30. The smallest absolute Gasteiger partial charge is 0.214 e. The molecule has 1 fully saturated rings. The molecule has 1 aliphatic rings. The zero-order valence-corrected chi connectivity index (χ0v) is 7.23. The maximum absolute atomic E-state index is 11.1. The summed E-state index contributed by atoms with van der Waals surface area (Å²) in [5.41, 5.74) is 0. The first-order valence-electron chi connectivity index (χ1n) is 3.56. The first kappa shape index (κ1) is 8.67. The largest absolute Gasteiger partial charge is 0.298 e. The van der Waals surface area contributed by atoms with Gasteiger partial charge >= 0.3 is 0 Å². The van der Waals surface area contributed by atoms with Crippen molar-refractivity contribution in [2.24, 2.45) is 0 Å². The Kier molecular flexibility index (Phi) is 2.29. The van der Waals surface area contributed by atoms with E-state index in [0.29, 0.717) is 13.0 Å². The summed E-state index contributed by atoms with van der Waals surface area (Å²) in [5, 5.41) is 0. The Hall–Kier alpha value is -0.420. The van der Waals surface area contributed by atoms with Crippen LogP contribution in [-0.2, 0) is 14.8 Å². The fourth-order valence-corrected chi connectivity index (χ4v) is 2.10. The van der Waals surface area contributed by atoms with E-state index < -0.39 is 10.0 Å². The highest BCUT2D eigenvalue weighted by Gasteiger charge is 2.28. The van der Waals surface area contributed by atoms with Gasteiger partial charge in [0.15, 0.2) is 0 Å². The molecule has 0 spiro atoms. The van der Waals surface area contributed by atoms with Crippen LogP contribution >= 0.6 is 0 Å². The summed E-state index contributed by atoms with van der Waals surface area (Å²) in [6, 6.07) is 0. The summed E-state index contributed by atoms with van der Waals surface area (Å²) < 4.78 is 23.5. The van der Waals surface area contributed by atoms with E-state index in [-0.39, 0.29) is 18.1 Å². The molecule has 0 aromatic rings. The second kappa shape index (κ2) is 2.91. The molecule has 0 bridgehead atoms. The molecule has 0 aliphatic carbocycles. The molecule has 64 valence electrons. The van der Waals surface area contributed by atoms with Crippen LogP contribution in [0.4, 0.5) is 0 Å². The first-order chi connectivity index (χ1) is 5.06. The van der Waals surface area contributed by atoms with E-state index in [4.69, 9.17) is 0 Å². The Labute approximate surface area is 66.2 Å². The highest BCUT2D eigenvalue weighted by molar-refractivity contribution is 7.89. The second-order valence-corrected chi connectivity index (χ2v) is 4.78. The number of nitrogens with zero attached hydrogens (tertiary/aromatic N) is 1. The van der Waals surface area contributed by atoms with Crippen molar-refractivity contribution in [2.75, 3.05) is 18.8 Å². The Morgan fingerprint density at radius 2 is 2.18 bits per heavy atom. The van der Waals surface area contributed by atoms with E-state index in [9.17, 15) is 13.2 Å². The Morgan fingerprint density at radius 3 is 2.55 bits per heavy atom. The van der Waals surface area contributed by atoms with E-state index in [0.717, 1.165) is 0 Å². The quantitative estimate of drug-likeness (QED) is 0.577. The number of carbonyl (C=O) groups is 1. The maximum Gasteiger partial charge on any atom is 0.214 e. The molecule has 0 radical (unpaired) electrons. The lowest BCUT2D eigenvalue weighted by Gasteiger charge is -2.11. The lowest BCUT2D eigenvalue weighted by molar-refractivity contribution is -0.116. The molecule has 1 heterocycles. The predicted molar refractivity (Wildman–Crippen MR) is 40.7 cm³/mol. The minimum atomic E-state index is -3.12. The SMILES string of the molecule is CCS(=O)(=O)N1CCC(=O)C1. The molecule has 11 heavy (non-hydrogen) atoms. The van der Waals surface area contributed by atoms with Crippen LogP contribution in [0, 0.1) is 0 Å². The van der Waals surface area contributed by atoms with Crippen LogP contribution < -0.4 is 0 Å². The predicted octanol–water partition coefficient (Wildman–Crippen LogP) is -0.389. The van der Waals surface area contributed by atoms with Crippen molar-refractivity contribution in [1.29, 1.82) is 0 Å². The first-order valence-corrected chi connectivity index (χ1v) is 5.16. The van der Waals surface area contributed by atoms with E-state index in [1.165, 1.54) is 4.31 Å². The zero-order chi connectivity index (χ0) is 8.48. The number of carbonyl (C=O) groups excluding carboxylic acids is 1. The molecule has 1 rings (SSSR count). The van der Waals surface area contributed by atoms with Crippen LogP contribution in [0.15, 0.2) is 0 Å². The average molecular weight is 177 g/mol. The summed E-state index contributed by atoms with van der Waals surface area (Å²) in [7, 11) is -3.12. The van der Waals surface area contributed by atoms with Crippen molar-refractivity contribution in [3.8, 4) is 0 Å². The molecule has 1 saturated heterocycles. The van der Waals surface area contributed by atoms with Gasteiger partial charge in [0.2, 0.25) is 10.0 Å². The minimum absolute atomic E-state index is 0.0158. The molecular weight excluding hydrogens is 166 g/mol. The van der Waals surface area contributed by atoms with Crippen LogP contribution in [0.2, 0.25) is 0 Å². The molecule has 0 saturated carbocycles. The molecule has 0 atom stereocenters.